The van der Waals surface area contributed by atoms with E-state index in [1.807, 2.05) is 0 Å². The molecule has 35 heavy (non-hydrogen) atoms. The van der Waals surface area contributed by atoms with Gasteiger partial charge in [-0.05, 0) is 48.4 Å². The summed E-state index contributed by atoms with van der Waals surface area (Å²) >= 11 is 0. The normalized spacial score (nSPS) is 10.5. The first-order valence-corrected chi connectivity index (χ1v) is 9.99. The number of aryl methyl sites for hydroxylation is 1. The van der Waals surface area contributed by atoms with E-state index >= 15 is 0 Å². The number of hydrazone groups is 1. The van der Waals surface area contributed by atoms with Crippen molar-refractivity contribution < 1.29 is 28.9 Å². The molecule has 0 spiro atoms. The van der Waals surface area contributed by atoms with Crippen molar-refractivity contribution in [1.82, 2.24) is 5.43 Å². The second kappa shape index (κ2) is 11.1. The number of esters is 1. The zero-order valence-electron chi connectivity index (χ0n) is 18.2. The molecule has 0 aliphatic heterocycles. The molecule has 12 nitrogen and oxygen atoms in total. The van der Waals surface area contributed by atoms with Crippen LogP contribution in [0.15, 0.2) is 71.8 Å². The number of benzene rings is 3. The lowest BCUT2D eigenvalue weighted by Crippen LogP contribution is -2.24. The molecule has 0 aromatic heterocycles. The van der Waals surface area contributed by atoms with Crippen molar-refractivity contribution in [2.24, 2.45) is 5.10 Å². The van der Waals surface area contributed by atoms with Crippen LogP contribution in [0, 0.1) is 27.2 Å². The Morgan fingerprint density at radius 1 is 1.00 bits per heavy atom. The highest BCUT2D eigenvalue weighted by atomic mass is 16.6. The van der Waals surface area contributed by atoms with E-state index in [0.29, 0.717) is 11.1 Å². The van der Waals surface area contributed by atoms with Crippen molar-refractivity contribution >= 4 is 29.5 Å². The van der Waals surface area contributed by atoms with Gasteiger partial charge in [0.2, 0.25) is 0 Å². The number of nitrogens with one attached hydrogen (secondary N) is 1. The zero-order chi connectivity index (χ0) is 25.4. The third kappa shape index (κ3) is 6.92. The molecule has 178 valence electrons. The molecule has 0 atom stereocenters. The summed E-state index contributed by atoms with van der Waals surface area (Å²) in [6.07, 6.45) is 1.30. The molecular weight excluding hydrogens is 460 g/mol. The standard InChI is InChI=1S/C23H18N4O8/c1-15-5-10-21(20(11-15)27(32)33)34-14-22(28)25-24-13-16-3-2-4-19(12-16)35-23(29)17-6-8-18(9-7-17)26(30)31/h2-13H,14H2,1H3,(H,25,28)/b24-13+. The van der Waals surface area contributed by atoms with Gasteiger partial charge in [-0.25, -0.2) is 10.2 Å². The van der Waals surface area contributed by atoms with E-state index in [1.54, 1.807) is 25.1 Å². The smallest absolute Gasteiger partial charge is 0.343 e. The number of nitro groups is 2. The summed E-state index contributed by atoms with van der Waals surface area (Å²) in [7, 11) is 0. The highest BCUT2D eigenvalue weighted by molar-refractivity contribution is 5.91. The van der Waals surface area contributed by atoms with Crippen molar-refractivity contribution in [2.75, 3.05) is 6.61 Å². The summed E-state index contributed by atoms with van der Waals surface area (Å²) in [5.74, 6) is -1.19. The number of ether oxygens (including phenoxy) is 2. The highest BCUT2D eigenvalue weighted by Crippen LogP contribution is 2.27. The van der Waals surface area contributed by atoms with Gasteiger partial charge in [-0.2, -0.15) is 5.10 Å². The zero-order valence-corrected chi connectivity index (χ0v) is 18.2. The average Bonchev–Trinajstić information content (AvgIpc) is 2.83. The van der Waals surface area contributed by atoms with Gasteiger partial charge in [0.05, 0.1) is 21.6 Å². The van der Waals surface area contributed by atoms with E-state index < -0.39 is 28.3 Å². The Bertz CT molecular complexity index is 1310. The molecule has 0 radical (unpaired) electrons. The number of rotatable bonds is 9. The van der Waals surface area contributed by atoms with Crippen molar-refractivity contribution in [1.29, 1.82) is 0 Å². The Labute approximate surface area is 198 Å². The number of hydrogen-bond acceptors (Lipinski definition) is 9. The largest absolute Gasteiger partial charge is 0.477 e. The van der Waals surface area contributed by atoms with Crippen LogP contribution in [0.2, 0.25) is 0 Å². The van der Waals surface area contributed by atoms with Gasteiger partial charge in [-0.15, -0.1) is 0 Å². The molecule has 0 aliphatic rings. The fourth-order valence-electron chi connectivity index (χ4n) is 2.79. The van der Waals surface area contributed by atoms with E-state index in [2.05, 4.69) is 10.5 Å². The predicted molar refractivity (Wildman–Crippen MR) is 124 cm³/mol. The molecule has 3 aromatic rings. The topological polar surface area (TPSA) is 163 Å². The number of nitro benzene ring substituents is 2. The van der Waals surface area contributed by atoms with Crippen LogP contribution in [-0.2, 0) is 4.79 Å². The molecule has 0 heterocycles. The molecule has 1 amide bonds. The minimum absolute atomic E-state index is 0.0396. The quantitative estimate of drug-likeness (QED) is 0.160. The molecule has 3 rings (SSSR count). The summed E-state index contributed by atoms with van der Waals surface area (Å²) in [5, 5.41) is 25.6. The van der Waals surface area contributed by atoms with Gasteiger partial charge in [0.1, 0.15) is 5.75 Å². The molecule has 12 heteroatoms. The van der Waals surface area contributed by atoms with Gasteiger partial charge in [-0.1, -0.05) is 18.2 Å². The fourth-order valence-corrected chi connectivity index (χ4v) is 2.79. The number of carbonyl (C=O) groups is 2. The lowest BCUT2D eigenvalue weighted by atomic mass is 10.2. The molecule has 0 fully saturated rings. The molecule has 0 bridgehead atoms. The monoisotopic (exact) mass is 478 g/mol. The minimum atomic E-state index is -0.704. The second-order valence-corrected chi connectivity index (χ2v) is 7.08. The van der Waals surface area contributed by atoms with Crippen LogP contribution in [0.4, 0.5) is 11.4 Å². The summed E-state index contributed by atoms with van der Waals surface area (Å²) in [6, 6.07) is 15.6. The lowest BCUT2D eigenvalue weighted by Gasteiger charge is -2.06. The highest BCUT2D eigenvalue weighted by Gasteiger charge is 2.16. The third-order valence-corrected chi connectivity index (χ3v) is 4.46. The number of amides is 1. The molecule has 0 saturated carbocycles. The molecule has 0 aliphatic carbocycles. The molecule has 3 aromatic carbocycles. The van der Waals surface area contributed by atoms with Gasteiger partial charge in [0.15, 0.2) is 12.4 Å². The van der Waals surface area contributed by atoms with E-state index in [9.17, 15) is 29.8 Å². The van der Waals surface area contributed by atoms with Crippen molar-refractivity contribution in [2.45, 2.75) is 6.92 Å². The van der Waals surface area contributed by atoms with Crippen LogP contribution in [0.25, 0.3) is 0 Å². The Morgan fingerprint density at radius 2 is 1.74 bits per heavy atom. The summed E-state index contributed by atoms with van der Waals surface area (Å²) in [4.78, 5) is 44.8. The molecule has 0 saturated heterocycles. The van der Waals surface area contributed by atoms with E-state index in [-0.39, 0.29) is 28.4 Å². The maximum absolute atomic E-state index is 12.2. The second-order valence-electron chi connectivity index (χ2n) is 7.08. The SMILES string of the molecule is Cc1ccc(OCC(=O)N/N=C/c2cccc(OC(=O)c3ccc([N+](=O)[O-])cc3)c2)c([N+](=O)[O-])c1. The van der Waals surface area contributed by atoms with Gasteiger partial charge >= 0.3 is 11.7 Å². The average molecular weight is 478 g/mol. The van der Waals surface area contributed by atoms with Crippen LogP contribution in [0.3, 0.4) is 0 Å². The van der Waals surface area contributed by atoms with Gasteiger partial charge < -0.3 is 9.47 Å². The van der Waals surface area contributed by atoms with E-state index in [0.717, 1.165) is 0 Å². The van der Waals surface area contributed by atoms with E-state index in [1.165, 1.54) is 54.7 Å². The van der Waals surface area contributed by atoms with Gasteiger partial charge in [-0.3, -0.25) is 25.0 Å². The first-order valence-electron chi connectivity index (χ1n) is 9.99. The van der Waals surface area contributed by atoms with Crippen molar-refractivity contribution in [3.05, 3.63) is 104 Å². The summed E-state index contributed by atoms with van der Waals surface area (Å²) < 4.78 is 10.5. The van der Waals surface area contributed by atoms with Gasteiger partial charge in [0, 0.05) is 18.2 Å². The maximum Gasteiger partial charge on any atom is 0.343 e. The Morgan fingerprint density at radius 3 is 2.43 bits per heavy atom. The molecular formula is C23H18N4O8. The van der Waals surface area contributed by atoms with Crippen LogP contribution in [0.1, 0.15) is 21.5 Å². The first kappa shape index (κ1) is 24.5. The minimum Gasteiger partial charge on any atom is -0.477 e. The molecule has 0 unspecified atom stereocenters. The van der Waals surface area contributed by atoms with Crippen molar-refractivity contribution in [3.8, 4) is 11.5 Å². The number of non-ortho nitro benzene ring substituents is 1. The summed E-state index contributed by atoms with van der Waals surface area (Å²) in [6.45, 7) is 1.21. The lowest BCUT2D eigenvalue weighted by molar-refractivity contribution is -0.385. The maximum atomic E-state index is 12.2. The first-order chi connectivity index (χ1) is 16.7. The van der Waals surface area contributed by atoms with Crippen molar-refractivity contribution in [3.63, 3.8) is 0 Å². The number of hydrogen-bond donors (Lipinski definition) is 1. The van der Waals surface area contributed by atoms with Crippen LogP contribution >= 0.6 is 0 Å². The number of nitrogens with zero attached hydrogens (tertiary/aromatic N) is 3. The van der Waals surface area contributed by atoms with Gasteiger partial charge in [0.25, 0.3) is 11.6 Å². The van der Waals surface area contributed by atoms with Crippen LogP contribution in [0.5, 0.6) is 11.5 Å². The van der Waals surface area contributed by atoms with E-state index in [4.69, 9.17) is 9.47 Å². The molecule has 1 N–H and O–H groups in total. The van der Waals surface area contributed by atoms with Crippen LogP contribution in [-0.4, -0.2) is 34.5 Å². The Hall–Kier alpha value is -5.13. The summed E-state index contributed by atoms with van der Waals surface area (Å²) in [5.41, 5.74) is 3.15. The number of carbonyl (C=O) groups excluding carboxylic acids is 2. The fraction of sp³-hybridized carbons (Fsp3) is 0.0870. The Kier molecular flexibility index (Phi) is 7.80. The predicted octanol–water partition coefficient (Wildman–Crippen LogP) is 3.56. The van der Waals surface area contributed by atoms with Crippen LogP contribution < -0.4 is 14.9 Å². The third-order valence-electron chi connectivity index (χ3n) is 4.46. The Balaban J connectivity index is 1.54.